The van der Waals surface area contributed by atoms with Gasteiger partial charge >= 0.3 is 5.97 Å². The zero-order valence-corrected chi connectivity index (χ0v) is 9.18. The van der Waals surface area contributed by atoms with E-state index in [9.17, 15) is 9.59 Å². The summed E-state index contributed by atoms with van der Waals surface area (Å²) in [5, 5.41) is 11.1. The molecular weight excluding hydrogens is 222 g/mol. The number of ether oxygens (including phenoxy) is 1. The number of carboxylic acids is 1. The fourth-order valence-corrected chi connectivity index (χ4v) is 1.12. The van der Waals surface area contributed by atoms with Crippen molar-refractivity contribution in [1.29, 1.82) is 0 Å². The summed E-state index contributed by atoms with van der Waals surface area (Å²) in [5.41, 5.74) is 0.625. The fraction of sp³-hybridized carbons (Fsp3) is 0.167. The highest BCUT2D eigenvalue weighted by molar-refractivity contribution is 5.91. The minimum Gasteiger partial charge on any atom is -0.482 e. The maximum atomic E-state index is 11.2. The van der Waals surface area contributed by atoms with Gasteiger partial charge in [-0.3, -0.25) is 4.79 Å². The molecule has 2 N–H and O–H groups in total. The number of anilines is 1. The molecule has 0 heterocycles. The molecule has 1 aromatic rings. The van der Waals surface area contributed by atoms with Gasteiger partial charge in [0.2, 0.25) is 5.91 Å². The van der Waals surface area contributed by atoms with E-state index in [2.05, 4.69) is 11.9 Å². The summed E-state index contributed by atoms with van der Waals surface area (Å²) in [4.78, 5) is 21.5. The first kappa shape index (κ1) is 12.8. The highest BCUT2D eigenvalue weighted by Gasteiger charge is 2.01. The van der Waals surface area contributed by atoms with E-state index in [1.165, 1.54) is 6.08 Å². The molecule has 0 aliphatic rings. The van der Waals surface area contributed by atoms with Crippen LogP contribution in [-0.2, 0) is 9.59 Å². The van der Waals surface area contributed by atoms with Gasteiger partial charge < -0.3 is 15.2 Å². The Morgan fingerprint density at radius 3 is 2.53 bits per heavy atom. The zero-order valence-electron chi connectivity index (χ0n) is 9.18. The molecule has 0 saturated carbocycles. The lowest BCUT2D eigenvalue weighted by atomic mass is 10.3. The van der Waals surface area contributed by atoms with Gasteiger partial charge in [0, 0.05) is 12.1 Å². The number of carbonyl (C=O) groups excluding carboxylic acids is 1. The summed E-state index contributed by atoms with van der Waals surface area (Å²) in [5.74, 6) is -0.748. The maximum Gasteiger partial charge on any atom is 0.341 e. The molecule has 17 heavy (non-hydrogen) atoms. The Morgan fingerprint density at radius 2 is 2.00 bits per heavy atom. The van der Waals surface area contributed by atoms with Crippen LogP contribution in [0.4, 0.5) is 5.69 Å². The van der Waals surface area contributed by atoms with Gasteiger partial charge in [-0.15, -0.1) is 6.58 Å². The molecule has 0 aliphatic carbocycles. The number of nitrogens with one attached hydrogen (secondary N) is 1. The van der Waals surface area contributed by atoms with Crippen molar-refractivity contribution in [1.82, 2.24) is 0 Å². The Hall–Kier alpha value is -2.30. The first-order valence-electron chi connectivity index (χ1n) is 4.97. The van der Waals surface area contributed by atoms with Gasteiger partial charge in [0.15, 0.2) is 6.61 Å². The van der Waals surface area contributed by atoms with Gasteiger partial charge in [0.05, 0.1) is 0 Å². The second-order valence-corrected chi connectivity index (χ2v) is 3.25. The van der Waals surface area contributed by atoms with E-state index in [-0.39, 0.29) is 18.9 Å². The van der Waals surface area contributed by atoms with Crippen molar-refractivity contribution in [3.63, 3.8) is 0 Å². The maximum absolute atomic E-state index is 11.2. The number of aliphatic carboxylic acids is 1. The lowest BCUT2D eigenvalue weighted by molar-refractivity contribution is -0.139. The molecule has 5 heteroatoms. The number of hydrogen-bond acceptors (Lipinski definition) is 3. The number of carboxylic acid groups (broad SMARTS) is 1. The summed E-state index contributed by atoms with van der Waals surface area (Å²) in [6.45, 7) is 3.07. The molecule has 0 spiro atoms. The Labute approximate surface area is 98.7 Å². The van der Waals surface area contributed by atoms with E-state index < -0.39 is 5.97 Å². The first-order valence-corrected chi connectivity index (χ1v) is 4.97. The van der Waals surface area contributed by atoms with E-state index in [0.717, 1.165) is 0 Å². The molecule has 1 aromatic carbocycles. The van der Waals surface area contributed by atoms with Gasteiger partial charge in [-0.2, -0.15) is 0 Å². The predicted octanol–water partition coefficient (Wildman–Crippen LogP) is 1.66. The van der Waals surface area contributed by atoms with Crippen LogP contribution in [0.2, 0.25) is 0 Å². The van der Waals surface area contributed by atoms with Gasteiger partial charge in [-0.1, -0.05) is 6.08 Å². The largest absolute Gasteiger partial charge is 0.482 e. The summed E-state index contributed by atoms with van der Waals surface area (Å²) >= 11 is 0. The summed E-state index contributed by atoms with van der Waals surface area (Å²) in [6, 6.07) is 6.45. The quantitative estimate of drug-likeness (QED) is 0.735. The molecule has 0 unspecified atom stereocenters. The highest BCUT2D eigenvalue weighted by Crippen LogP contribution is 2.15. The van der Waals surface area contributed by atoms with Crippen molar-refractivity contribution in [3.05, 3.63) is 36.9 Å². The predicted molar refractivity (Wildman–Crippen MR) is 63.0 cm³/mol. The van der Waals surface area contributed by atoms with Gasteiger partial charge in [-0.05, 0) is 24.3 Å². The van der Waals surface area contributed by atoms with Gasteiger partial charge in [0.25, 0.3) is 0 Å². The van der Waals surface area contributed by atoms with Crippen molar-refractivity contribution < 1.29 is 19.4 Å². The Balaban J connectivity index is 2.52. The average molecular weight is 235 g/mol. The second-order valence-electron chi connectivity index (χ2n) is 3.25. The standard InChI is InChI=1S/C12H13NO4/c1-2-3-11(14)13-9-4-6-10(7-5-9)17-8-12(15)16/h2,4-7H,1,3,8H2,(H,13,14)(H,15,16). The zero-order chi connectivity index (χ0) is 12.7. The highest BCUT2D eigenvalue weighted by atomic mass is 16.5. The molecule has 0 fully saturated rings. The van der Waals surface area contributed by atoms with Crippen LogP contribution in [-0.4, -0.2) is 23.6 Å². The summed E-state index contributed by atoms with van der Waals surface area (Å²) in [6.07, 6.45) is 1.76. The third-order valence-electron chi connectivity index (χ3n) is 1.83. The molecule has 90 valence electrons. The normalized spacial score (nSPS) is 9.41. The van der Waals surface area contributed by atoms with Crippen molar-refractivity contribution >= 4 is 17.6 Å². The minimum atomic E-state index is -1.03. The second kappa shape index (κ2) is 6.32. The summed E-state index contributed by atoms with van der Waals surface area (Å²) in [7, 11) is 0. The molecule has 1 rings (SSSR count). The van der Waals surface area contributed by atoms with Gasteiger partial charge in [0.1, 0.15) is 5.75 Å². The van der Waals surface area contributed by atoms with Crippen LogP contribution in [0.3, 0.4) is 0 Å². The molecule has 0 atom stereocenters. The Morgan fingerprint density at radius 1 is 1.35 bits per heavy atom. The van der Waals surface area contributed by atoms with Crippen molar-refractivity contribution in [3.8, 4) is 5.75 Å². The Kier molecular flexibility index (Phi) is 4.75. The minimum absolute atomic E-state index is 0.154. The van der Waals surface area contributed by atoms with Crippen LogP contribution in [0, 0.1) is 0 Å². The van der Waals surface area contributed by atoms with Crippen molar-refractivity contribution in [2.24, 2.45) is 0 Å². The molecule has 5 nitrogen and oxygen atoms in total. The molecule has 1 amide bonds. The molecule has 0 saturated heterocycles. The summed E-state index contributed by atoms with van der Waals surface area (Å²) < 4.78 is 4.95. The van der Waals surface area contributed by atoms with Crippen LogP contribution >= 0.6 is 0 Å². The number of rotatable bonds is 6. The lowest BCUT2D eigenvalue weighted by Gasteiger charge is -2.06. The molecule has 0 bridgehead atoms. The van der Waals surface area contributed by atoms with Crippen molar-refractivity contribution in [2.45, 2.75) is 6.42 Å². The lowest BCUT2D eigenvalue weighted by Crippen LogP contribution is -2.10. The van der Waals surface area contributed by atoms with E-state index in [4.69, 9.17) is 9.84 Å². The van der Waals surface area contributed by atoms with E-state index >= 15 is 0 Å². The van der Waals surface area contributed by atoms with Crippen molar-refractivity contribution in [2.75, 3.05) is 11.9 Å². The third-order valence-corrected chi connectivity index (χ3v) is 1.83. The van der Waals surface area contributed by atoms with Gasteiger partial charge in [-0.25, -0.2) is 4.79 Å². The molecule has 0 radical (unpaired) electrons. The van der Waals surface area contributed by atoms with Crippen LogP contribution in [0.15, 0.2) is 36.9 Å². The first-order chi connectivity index (χ1) is 8.11. The Bertz CT molecular complexity index is 411. The number of benzene rings is 1. The van der Waals surface area contributed by atoms with Crippen LogP contribution in [0.1, 0.15) is 6.42 Å². The average Bonchev–Trinajstić information content (AvgIpc) is 2.28. The van der Waals surface area contributed by atoms with Crippen LogP contribution in [0.25, 0.3) is 0 Å². The number of carbonyl (C=O) groups is 2. The van der Waals surface area contributed by atoms with E-state index in [0.29, 0.717) is 11.4 Å². The SMILES string of the molecule is C=CCC(=O)Nc1ccc(OCC(=O)O)cc1. The van der Waals surface area contributed by atoms with Crippen LogP contribution < -0.4 is 10.1 Å². The molecule has 0 aliphatic heterocycles. The van der Waals surface area contributed by atoms with E-state index in [1.54, 1.807) is 24.3 Å². The van der Waals surface area contributed by atoms with Crippen LogP contribution in [0.5, 0.6) is 5.75 Å². The number of amides is 1. The third kappa shape index (κ3) is 4.83. The molecule has 0 aromatic heterocycles. The monoisotopic (exact) mass is 235 g/mol. The number of hydrogen-bond donors (Lipinski definition) is 2. The molecular formula is C12H13NO4. The smallest absolute Gasteiger partial charge is 0.341 e. The fourth-order valence-electron chi connectivity index (χ4n) is 1.12. The van der Waals surface area contributed by atoms with E-state index in [1.807, 2.05) is 0 Å². The topological polar surface area (TPSA) is 75.6 Å².